The van der Waals surface area contributed by atoms with Gasteiger partial charge in [-0.2, -0.15) is 0 Å². The molecule has 2 aliphatic heterocycles. The maximum atomic E-state index is 13.6. The van der Waals surface area contributed by atoms with Crippen molar-refractivity contribution in [2.75, 3.05) is 13.2 Å². The Morgan fingerprint density at radius 3 is 1.29 bits per heavy atom. The predicted octanol–water partition coefficient (Wildman–Crippen LogP) is 7.51. The first kappa shape index (κ1) is 56.2. The summed E-state index contributed by atoms with van der Waals surface area (Å²) < 4.78 is 41.9. The zero-order valence-electron chi connectivity index (χ0n) is 38.6. The summed E-state index contributed by atoms with van der Waals surface area (Å²) in [4.78, 5) is 64.7. The minimum Gasteiger partial charge on any atom is -0.481 e. The lowest BCUT2D eigenvalue weighted by Crippen LogP contribution is -2.64. The molecule has 0 bridgehead atoms. The number of unbranched alkanes of at least 4 members (excludes halogenated alkanes) is 18. The number of rotatable bonds is 36. The van der Waals surface area contributed by atoms with Crippen LogP contribution in [0.15, 0.2) is 0 Å². The monoisotopic (exact) mass is 903 g/mol. The van der Waals surface area contributed by atoms with Crippen molar-refractivity contribution in [3.8, 4) is 0 Å². The van der Waals surface area contributed by atoms with Crippen molar-refractivity contribution >= 4 is 29.8 Å². The Bertz CT molecular complexity index is 1260. The first-order valence-electron chi connectivity index (χ1n) is 24.3. The van der Waals surface area contributed by atoms with Crippen LogP contribution in [0.2, 0.25) is 0 Å². The molecule has 2 saturated heterocycles. The summed E-state index contributed by atoms with van der Waals surface area (Å²) in [7, 11) is 0. The van der Waals surface area contributed by atoms with E-state index < -0.39 is 98.4 Å². The van der Waals surface area contributed by atoms with Gasteiger partial charge in [0.1, 0.15) is 12.2 Å². The number of carbonyl (C=O) groups excluding carboxylic acids is 4. The highest BCUT2D eigenvalue weighted by Crippen LogP contribution is 2.34. The zero-order valence-corrected chi connectivity index (χ0v) is 38.6. The summed E-state index contributed by atoms with van der Waals surface area (Å²) in [6, 6.07) is 0. The van der Waals surface area contributed by atoms with E-state index in [0.717, 1.165) is 116 Å². The van der Waals surface area contributed by atoms with Crippen LogP contribution in [0, 0.1) is 0 Å². The third kappa shape index (κ3) is 23.7. The van der Waals surface area contributed by atoms with Crippen LogP contribution in [0.25, 0.3) is 0 Å². The zero-order chi connectivity index (χ0) is 46.2. The lowest BCUT2D eigenvalue weighted by molar-refractivity contribution is -0.367. The molecule has 63 heavy (non-hydrogen) atoms. The van der Waals surface area contributed by atoms with E-state index >= 15 is 0 Å². The highest BCUT2D eigenvalue weighted by molar-refractivity contribution is 5.73. The molecule has 16 nitrogen and oxygen atoms in total. The van der Waals surface area contributed by atoms with Crippen molar-refractivity contribution in [1.29, 1.82) is 0 Å². The molecule has 16 heteroatoms. The Kier molecular flexibility index (Phi) is 30.8. The van der Waals surface area contributed by atoms with E-state index in [9.17, 15) is 44.4 Å². The number of aliphatic hydroxyl groups excluding tert-OH is 3. The molecule has 366 valence electrons. The van der Waals surface area contributed by atoms with Crippen molar-refractivity contribution < 1.29 is 77.6 Å². The Morgan fingerprint density at radius 1 is 0.460 bits per heavy atom. The summed E-state index contributed by atoms with van der Waals surface area (Å²) in [5.41, 5.74) is 0. The van der Waals surface area contributed by atoms with Gasteiger partial charge in [-0.3, -0.25) is 24.0 Å². The number of esters is 4. The molecule has 2 heterocycles. The number of carboxylic acid groups (broad SMARTS) is 1. The van der Waals surface area contributed by atoms with Gasteiger partial charge in [-0.15, -0.1) is 0 Å². The summed E-state index contributed by atoms with van der Waals surface area (Å²) in [6.45, 7) is 5.04. The Morgan fingerprint density at radius 2 is 0.841 bits per heavy atom. The van der Waals surface area contributed by atoms with Crippen molar-refractivity contribution in [3.05, 3.63) is 0 Å². The van der Waals surface area contributed by atoms with Crippen molar-refractivity contribution in [2.45, 2.75) is 256 Å². The van der Waals surface area contributed by atoms with E-state index in [-0.39, 0.29) is 44.9 Å². The van der Waals surface area contributed by atoms with Crippen LogP contribution < -0.4 is 0 Å². The molecular weight excluding hydrogens is 821 g/mol. The second kappa shape index (κ2) is 34.5. The van der Waals surface area contributed by atoms with Gasteiger partial charge in [0, 0.05) is 38.5 Å². The Hall–Kier alpha value is -2.89. The summed E-state index contributed by atoms with van der Waals surface area (Å²) in [6.07, 6.45) is 6.41. The molecule has 2 rings (SSSR count). The number of aliphatic carboxylic acids is 1. The van der Waals surface area contributed by atoms with Crippen LogP contribution in [0.1, 0.15) is 201 Å². The van der Waals surface area contributed by atoms with Gasteiger partial charge in [-0.1, -0.05) is 136 Å². The van der Waals surface area contributed by atoms with Gasteiger partial charge >= 0.3 is 29.8 Å². The third-order valence-electron chi connectivity index (χ3n) is 11.5. The highest BCUT2D eigenvalue weighted by Gasteiger charge is 2.54. The first-order valence-corrected chi connectivity index (χ1v) is 24.3. The molecular formula is C47H82O16. The van der Waals surface area contributed by atoms with E-state index in [1.165, 1.54) is 0 Å². The molecule has 0 spiro atoms. The molecule has 0 amide bonds. The highest BCUT2D eigenvalue weighted by atomic mass is 16.8. The Labute approximate surface area is 375 Å². The van der Waals surface area contributed by atoms with Crippen LogP contribution in [0.3, 0.4) is 0 Å². The van der Waals surface area contributed by atoms with E-state index in [0.29, 0.717) is 19.3 Å². The summed E-state index contributed by atoms with van der Waals surface area (Å²) in [5.74, 6) is -3.90. The fourth-order valence-corrected chi connectivity index (χ4v) is 7.83. The summed E-state index contributed by atoms with van der Waals surface area (Å²) in [5, 5.41) is 40.7. The molecule has 0 aliphatic carbocycles. The number of hydrogen-bond donors (Lipinski definition) is 4. The van der Waals surface area contributed by atoms with E-state index in [1.807, 2.05) is 0 Å². The van der Waals surface area contributed by atoms with Crippen LogP contribution in [0.4, 0.5) is 0 Å². The normalized spacial score (nSPS) is 24.7. The summed E-state index contributed by atoms with van der Waals surface area (Å²) >= 11 is 0. The topological polar surface area (TPSA) is 231 Å². The first-order chi connectivity index (χ1) is 30.5. The van der Waals surface area contributed by atoms with Crippen molar-refractivity contribution in [1.82, 2.24) is 0 Å². The fraction of sp³-hybridized carbons (Fsp3) is 0.894. The van der Waals surface area contributed by atoms with Gasteiger partial charge in [0.15, 0.2) is 30.7 Å². The van der Waals surface area contributed by atoms with E-state index in [2.05, 4.69) is 20.8 Å². The average Bonchev–Trinajstić information content (AvgIpc) is 3.25. The molecule has 0 aromatic heterocycles. The Balaban J connectivity index is 2.41. The standard InChI is InChI=1S/C47H82O16/c1-4-7-10-13-16-19-22-27-39(53)57-35-31-34(50)36(32-48)58-46(35)63-47-45(62-42(56)30-25-26-38(51)52)44(61-41(55)29-24-21-18-15-12-9-6-3)43(37(33-49)59-47)60-40(54)28-23-20-17-14-11-8-5-2/h34-37,43-50H,4-33H2,1-3H3,(H,51,52)/t34-,35+,36+,37+,43+,44-,45+,46+,47+/m0/s1. The number of hydrogen-bond acceptors (Lipinski definition) is 15. The lowest BCUT2D eigenvalue weighted by Gasteiger charge is -2.46. The molecule has 0 unspecified atom stereocenters. The van der Waals surface area contributed by atoms with Gasteiger partial charge < -0.3 is 53.6 Å². The predicted molar refractivity (Wildman–Crippen MR) is 232 cm³/mol. The second-order valence-corrected chi connectivity index (χ2v) is 17.1. The second-order valence-electron chi connectivity index (χ2n) is 17.1. The van der Waals surface area contributed by atoms with Gasteiger partial charge in [0.25, 0.3) is 0 Å². The minimum absolute atomic E-state index is 0.00298. The SMILES string of the molecule is CCCCCCCCCC(=O)O[C@@H]1[C@@H](OC(=O)CCCC(=O)O)[C@@H](O[C@H]2O[C@H](CO)[C@@H](O)C[C@H]2OC(=O)CCCCCCCCC)O[C@H](CO)[C@H]1OC(=O)CCCCCCCCC. The smallest absolute Gasteiger partial charge is 0.306 e. The number of carboxylic acids is 1. The lowest BCUT2D eigenvalue weighted by atomic mass is 9.97. The van der Waals surface area contributed by atoms with Gasteiger partial charge in [-0.05, 0) is 25.7 Å². The molecule has 2 fully saturated rings. The maximum Gasteiger partial charge on any atom is 0.306 e. The van der Waals surface area contributed by atoms with Crippen LogP contribution in [-0.4, -0.2) is 119 Å². The van der Waals surface area contributed by atoms with Crippen molar-refractivity contribution in [3.63, 3.8) is 0 Å². The molecule has 0 saturated carbocycles. The number of carbonyl (C=O) groups is 5. The minimum atomic E-state index is -1.70. The van der Waals surface area contributed by atoms with Gasteiger partial charge in [-0.25, -0.2) is 0 Å². The van der Waals surface area contributed by atoms with E-state index in [4.69, 9.17) is 33.2 Å². The quantitative estimate of drug-likeness (QED) is 0.0271. The maximum absolute atomic E-state index is 13.6. The van der Waals surface area contributed by atoms with Crippen LogP contribution >= 0.6 is 0 Å². The van der Waals surface area contributed by atoms with Crippen molar-refractivity contribution in [2.24, 2.45) is 0 Å². The molecule has 9 atom stereocenters. The molecule has 0 aromatic rings. The third-order valence-corrected chi connectivity index (χ3v) is 11.5. The fourth-order valence-electron chi connectivity index (χ4n) is 7.83. The van der Waals surface area contributed by atoms with Crippen LogP contribution in [0.5, 0.6) is 0 Å². The molecule has 4 N–H and O–H groups in total. The largest absolute Gasteiger partial charge is 0.481 e. The average molecular weight is 903 g/mol. The molecule has 0 aromatic carbocycles. The van der Waals surface area contributed by atoms with Gasteiger partial charge in [0.2, 0.25) is 6.29 Å². The van der Waals surface area contributed by atoms with Crippen LogP contribution in [-0.2, 0) is 57.1 Å². The van der Waals surface area contributed by atoms with Gasteiger partial charge in [0.05, 0.1) is 19.3 Å². The molecule has 0 radical (unpaired) electrons. The molecule has 2 aliphatic rings. The van der Waals surface area contributed by atoms with E-state index in [1.54, 1.807) is 0 Å². The number of aliphatic hydroxyl groups is 3. The number of ether oxygens (including phenoxy) is 7.